The predicted molar refractivity (Wildman–Crippen MR) is 212 cm³/mol. The molecule has 4 fully saturated rings. The third-order valence-electron chi connectivity index (χ3n) is 16.4. The Balaban J connectivity index is 0.848. The average Bonchev–Trinajstić information content (AvgIpc) is 3.75. The quantitative estimate of drug-likeness (QED) is 0.179. The van der Waals surface area contributed by atoms with Gasteiger partial charge in [-0.1, -0.05) is 45.9 Å². The van der Waals surface area contributed by atoms with Crippen molar-refractivity contribution in [2.45, 2.75) is 129 Å². The first-order chi connectivity index (χ1) is 27.3. The SMILES string of the molecule is CC[C@@]1(OC(=O)CNC(=O)CC[C@@H](C)[C@H]2CC[C@H]3[C@@H]4CCC5C[C@H](O)CC[C@]5(C)[C@H]4C[C@H](O)[C@]23C)C(=O)OCc2c1cc1n(c2=O)Cc2cc3ccccc3nc2-1. The van der Waals surface area contributed by atoms with E-state index in [1.54, 1.807) is 17.6 Å². The summed E-state index contributed by atoms with van der Waals surface area (Å²) >= 11 is 0. The second-order valence-electron chi connectivity index (χ2n) is 18.9. The van der Waals surface area contributed by atoms with Gasteiger partial charge in [0, 0.05) is 22.9 Å². The van der Waals surface area contributed by atoms with E-state index in [1.807, 2.05) is 30.3 Å². The molecule has 2 aliphatic heterocycles. The van der Waals surface area contributed by atoms with E-state index in [0.717, 1.165) is 61.4 Å². The Bertz CT molecular complexity index is 2200. The molecule has 57 heavy (non-hydrogen) atoms. The van der Waals surface area contributed by atoms with Gasteiger partial charge >= 0.3 is 11.9 Å². The zero-order valence-corrected chi connectivity index (χ0v) is 33.7. The van der Waals surface area contributed by atoms with E-state index in [2.05, 4.69) is 26.1 Å². The molecular formula is C46H57N3O8. The van der Waals surface area contributed by atoms with Crippen molar-refractivity contribution in [3.63, 3.8) is 0 Å². The van der Waals surface area contributed by atoms with Crippen molar-refractivity contribution in [3.8, 4) is 11.4 Å². The maximum Gasteiger partial charge on any atom is 0.355 e. The molecule has 11 nitrogen and oxygen atoms in total. The smallest absolute Gasteiger partial charge is 0.355 e. The number of aliphatic hydroxyl groups excluding tert-OH is 2. The number of nitrogens with one attached hydrogen (secondary N) is 1. The fourth-order valence-electron chi connectivity index (χ4n) is 13.3. The monoisotopic (exact) mass is 779 g/mol. The summed E-state index contributed by atoms with van der Waals surface area (Å²) in [5.74, 6) is 0.744. The number of amides is 1. The first kappa shape index (κ1) is 38.4. The van der Waals surface area contributed by atoms with Crippen LogP contribution >= 0.6 is 0 Å². The lowest BCUT2D eigenvalue weighted by molar-refractivity contribution is -0.189. The Morgan fingerprint density at radius 3 is 2.67 bits per heavy atom. The molecule has 0 spiro atoms. The number of nitrogens with zero attached hydrogens (tertiary/aromatic N) is 2. The van der Waals surface area contributed by atoms with Gasteiger partial charge < -0.3 is 29.6 Å². The zero-order valence-electron chi connectivity index (χ0n) is 33.7. The van der Waals surface area contributed by atoms with Crippen LogP contribution in [0.15, 0.2) is 41.2 Å². The number of rotatable bonds is 8. The normalized spacial score (nSPS) is 35.5. The number of hydrogen-bond donors (Lipinski definition) is 3. The Morgan fingerprint density at radius 2 is 1.86 bits per heavy atom. The highest BCUT2D eigenvalue weighted by atomic mass is 16.6. The molecule has 4 aliphatic carbocycles. The molecule has 2 aromatic heterocycles. The molecule has 9 rings (SSSR count). The van der Waals surface area contributed by atoms with Crippen LogP contribution in [0.1, 0.15) is 115 Å². The maximum absolute atomic E-state index is 13.9. The van der Waals surface area contributed by atoms with Crippen molar-refractivity contribution in [2.75, 3.05) is 6.54 Å². The van der Waals surface area contributed by atoms with Crippen LogP contribution in [0.3, 0.4) is 0 Å². The van der Waals surface area contributed by atoms with E-state index < -0.39 is 30.2 Å². The topological polar surface area (TPSA) is 157 Å². The number of pyridine rings is 2. The van der Waals surface area contributed by atoms with Gasteiger partial charge in [-0.25, -0.2) is 9.78 Å². The highest BCUT2D eigenvalue weighted by molar-refractivity contribution is 5.89. The summed E-state index contributed by atoms with van der Waals surface area (Å²) in [5, 5.41) is 26.1. The third-order valence-corrected chi connectivity index (χ3v) is 16.4. The summed E-state index contributed by atoms with van der Waals surface area (Å²) in [6.07, 6.45) is 8.41. The summed E-state index contributed by atoms with van der Waals surface area (Å²) in [6.45, 7) is 8.33. The first-order valence-corrected chi connectivity index (χ1v) is 21.5. The van der Waals surface area contributed by atoms with Gasteiger partial charge in [0.05, 0.1) is 41.2 Å². The highest BCUT2D eigenvalue weighted by Gasteiger charge is 2.63. The van der Waals surface area contributed by atoms with Gasteiger partial charge in [0.15, 0.2) is 0 Å². The van der Waals surface area contributed by atoms with Crippen LogP contribution in [0.25, 0.3) is 22.3 Å². The van der Waals surface area contributed by atoms with Crippen molar-refractivity contribution < 1.29 is 34.1 Å². The average molecular weight is 780 g/mol. The highest BCUT2D eigenvalue weighted by Crippen LogP contribution is 2.68. The number of esters is 2. The third kappa shape index (κ3) is 5.91. The van der Waals surface area contributed by atoms with E-state index >= 15 is 0 Å². The lowest BCUT2D eigenvalue weighted by Crippen LogP contribution is -2.58. The molecule has 4 heterocycles. The molecule has 3 N–H and O–H groups in total. The van der Waals surface area contributed by atoms with Gasteiger partial charge in [0.2, 0.25) is 11.5 Å². The second-order valence-corrected chi connectivity index (χ2v) is 18.9. The lowest BCUT2D eigenvalue weighted by Gasteiger charge is -2.62. The first-order valence-electron chi connectivity index (χ1n) is 21.5. The van der Waals surface area contributed by atoms with Crippen LogP contribution < -0.4 is 10.9 Å². The van der Waals surface area contributed by atoms with Gasteiger partial charge in [0.1, 0.15) is 13.2 Å². The van der Waals surface area contributed by atoms with Crippen molar-refractivity contribution in [2.24, 2.45) is 46.3 Å². The van der Waals surface area contributed by atoms with Gasteiger partial charge in [-0.05, 0) is 129 Å². The van der Waals surface area contributed by atoms with Crippen molar-refractivity contribution >= 4 is 28.7 Å². The number of benzene rings is 1. The summed E-state index contributed by atoms with van der Waals surface area (Å²) in [7, 11) is 0. The summed E-state index contributed by atoms with van der Waals surface area (Å²) < 4.78 is 13.0. The van der Waals surface area contributed by atoms with Crippen LogP contribution in [0.5, 0.6) is 0 Å². The minimum atomic E-state index is -1.85. The minimum absolute atomic E-state index is 0.0362. The van der Waals surface area contributed by atoms with Crippen LogP contribution in [-0.2, 0) is 42.6 Å². The number of aliphatic hydroxyl groups is 2. The van der Waals surface area contributed by atoms with Gasteiger partial charge in [-0.3, -0.25) is 14.4 Å². The summed E-state index contributed by atoms with van der Waals surface area (Å²) in [6, 6.07) is 11.5. The fraction of sp³-hybridized carbons (Fsp3) is 0.630. The molecular weight excluding hydrogens is 723 g/mol. The molecule has 1 unspecified atom stereocenters. The maximum atomic E-state index is 13.9. The number of cyclic esters (lactones) is 1. The molecule has 6 aliphatic rings. The number of carbonyl (C=O) groups is 3. The van der Waals surface area contributed by atoms with Crippen LogP contribution in [0, 0.1) is 46.3 Å². The molecule has 11 atom stereocenters. The molecule has 11 heteroatoms. The predicted octanol–water partition coefficient (Wildman–Crippen LogP) is 6.15. The van der Waals surface area contributed by atoms with E-state index in [4.69, 9.17) is 14.5 Å². The van der Waals surface area contributed by atoms with Crippen LogP contribution in [0.2, 0.25) is 0 Å². The molecule has 304 valence electrons. The fourth-order valence-corrected chi connectivity index (χ4v) is 13.3. The van der Waals surface area contributed by atoms with Crippen molar-refractivity contribution in [1.29, 1.82) is 0 Å². The van der Waals surface area contributed by atoms with Crippen LogP contribution in [0.4, 0.5) is 0 Å². The standard InChI is InChI=1S/C46H57N3O8/c1-5-46(35-20-37-41-27(18-26-8-6-7-9-36(26)48-41)23-49(37)42(54)31(35)24-56-43(46)55)57-40(53)22-47-39(52)15-10-25(2)32-13-14-33-30-12-11-28-19-29(50)16-17-44(28,3)34(30)21-38(51)45(32,33)4/h6-9,18,20,25,28-30,32-34,38,50-51H,5,10-17,19,21-24H2,1-4H3,(H,47,52)/t25-,28?,29-,30+,32-,33+,34+,38+,44+,45-,46+/m1/s1. The molecule has 1 amide bonds. The molecule has 0 saturated heterocycles. The van der Waals surface area contributed by atoms with Gasteiger partial charge in [0.25, 0.3) is 5.56 Å². The molecule has 0 radical (unpaired) electrons. The van der Waals surface area contributed by atoms with Crippen molar-refractivity contribution in [3.05, 3.63) is 63.4 Å². The Kier molecular flexibility index (Phi) is 9.46. The number of para-hydroxylation sites is 1. The Hall–Kier alpha value is -4.09. The van der Waals surface area contributed by atoms with Gasteiger partial charge in [-0.2, -0.15) is 0 Å². The molecule has 3 aromatic rings. The number of aromatic nitrogens is 2. The van der Waals surface area contributed by atoms with E-state index in [0.29, 0.717) is 59.5 Å². The summed E-state index contributed by atoms with van der Waals surface area (Å²) in [5.41, 5.74) is 1.26. The van der Waals surface area contributed by atoms with Gasteiger partial charge in [-0.15, -0.1) is 0 Å². The lowest BCUT2D eigenvalue weighted by atomic mass is 9.43. The van der Waals surface area contributed by atoms with Crippen LogP contribution in [-0.4, -0.2) is 56.4 Å². The van der Waals surface area contributed by atoms with E-state index in [-0.39, 0.29) is 59.3 Å². The number of hydrogen-bond acceptors (Lipinski definition) is 9. The summed E-state index contributed by atoms with van der Waals surface area (Å²) in [4.78, 5) is 58.9. The van der Waals surface area contributed by atoms with E-state index in [1.165, 1.54) is 6.42 Å². The Morgan fingerprint density at radius 1 is 1.05 bits per heavy atom. The number of fused-ring (bicyclic) bond motifs is 10. The largest absolute Gasteiger partial charge is 0.457 e. The Labute approximate surface area is 333 Å². The molecule has 0 bridgehead atoms. The van der Waals surface area contributed by atoms with E-state index in [9.17, 15) is 29.4 Å². The second kappa shape index (κ2) is 14.0. The minimum Gasteiger partial charge on any atom is -0.457 e. The molecule has 4 saturated carbocycles. The number of carbonyl (C=O) groups excluding carboxylic acids is 3. The number of ether oxygens (including phenoxy) is 2. The molecule has 1 aromatic carbocycles. The van der Waals surface area contributed by atoms with Crippen molar-refractivity contribution in [1.82, 2.24) is 14.9 Å². The zero-order chi connectivity index (χ0) is 40.0.